The Labute approximate surface area is 132 Å². The number of aliphatic hydroxyl groups is 1. The van der Waals surface area contributed by atoms with E-state index < -0.39 is 0 Å². The SMILES string of the molecule is CC(=O)c1ccc2n(c1=O)C(CO)Cc1c-2[nH]c2ccccc12. The second-order valence-corrected chi connectivity index (χ2v) is 5.93. The van der Waals surface area contributed by atoms with Gasteiger partial charge in [-0.25, -0.2) is 0 Å². The molecule has 0 fully saturated rings. The molecule has 0 saturated carbocycles. The molecule has 4 rings (SSSR count). The van der Waals surface area contributed by atoms with Crippen molar-refractivity contribution in [2.45, 2.75) is 19.4 Å². The molecule has 0 amide bonds. The van der Waals surface area contributed by atoms with E-state index in [0.29, 0.717) is 6.42 Å². The number of nitrogens with one attached hydrogen (secondary N) is 1. The summed E-state index contributed by atoms with van der Waals surface area (Å²) in [6.07, 6.45) is 0.560. The van der Waals surface area contributed by atoms with E-state index in [0.717, 1.165) is 27.9 Å². The first-order chi connectivity index (χ1) is 11.1. The van der Waals surface area contributed by atoms with E-state index in [1.807, 2.05) is 24.3 Å². The molecule has 2 aromatic heterocycles. The lowest BCUT2D eigenvalue weighted by molar-refractivity contribution is 0.101. The molecular weight excluding hydrogens is 292 g/mol. The Bertz CT molecular complexity index is 997. The Morgan fingerprint density at radius 2 is 2.09 bits per heavy atom. The number of carbonyl (C=O) groups excluding carboxylic acids is 1. The van der Waals surface area contributed by atoms with E-state index >= 15 is 0 Å². The first kappa shape index (κ1) is 14.0. The van der Waals surface area contributed by atoms with Gasteiger partial charge in [-0.05, 0) is 37.1 Å². The summed E-state index contributed by atoms with van der Waals surface area (Å²) in [4.78, 5) is 27.7. The van der Waals surface area contributed by atoms with Crippen molar-refractivity contribution in [2.75, 3.05) is 6.61 Å². The number of fused-ring (bicyclic) bond motifs is 5. The number of hydrogen-bond acceptors (Lipinski definition) is 3. The van der Waals surface area contributed by atoms with Gasteiger partial charge in [0, 0.05) is 10.9 Å². The van der Waals surface area contributed by atoms with Gasteiger partial charge in [-0.3, -0.25) is 9.59 Å². The fourth-order valence-electron chi connectivity index (χ4n) is 3.49. The van der Waals surface area contributed by atoms with E-state index in [-0.39, 0.29) is 29.6 Å². The second kappa shape index (κ2) is 4.93. The standard InChI is InChI=1S/C18H16N2O3/c1-10(22)12-6-7-16-17-14(8-11(9-21)20(16)18(12)23)13-4-2-3-5-15(13)19-17/h2-7,11,19,21H,8-9H2,1H3. The maximum absolute atomic E-state index is 12.7. The maximum atomic E-state index is 12.7. The first-order valence-electron chi connectivity index (χ1n) is 7.59. The monoisotopic (exact) mass is 308 g/mol. The molecule has 5 nitrogen and oxygen atoms in total. The van der Waals surface area contributed by atoms with Crippen LogP contribution in [0.1, 0.15) is 28.9 Å². The minimum Gasteiger partial charge on any atom is -0.394 e. The molecule has 0 spiro atoms. The van der Waals surface area contributed by atoms with E-state index in [1.54, 1.807) is 16.7 Å². The minimum absolute atomic E-state index is 0.146. The highest BCUT2D eigenvalue weighted by molar-refractivity contribution is 5.95. The Morgan fingerprint density at radius 3 is 2.83 bits per heavy atom. The lowest BCUT2D eigenvalue weighted by Gasteiger charge is -2.27. The van der Waals surface area contributed by atoms with Gasteiger partial charge >= 0.3 is 0 Å². The van der Waals surface area contributed by atoms with E-state index in [4.69, 9.17) is 0 Å². The fourth-order valence-corrected chi connectivity index (χ4v) is 3.49. The number of H-pyrrole nitrogens is 1. The van der Waals surface area contributed by atoms with Crippen LogP contribution in [0.15, 0.2) is 41.2 Å². The summed E-state index contributed by atoms with van der Waals surface area (Å²) in [5.41, 5.74) is 3.55. The van der Waals surface area contributed by atoms with E-state index in [2.05, 4.69) is 4.98 Å². The van der Waals surface area contributed by atoms with Gasteiger partial charge in [0.15, 0.2) is 5.78 Å². The van der Waals surface area contributed by atoms with Gasteiger partial charge < -0.3 is 14.7 Å². The van der Waals surface area contributed by atoms with Crippen LogP contribution in [-0.2, 0) is 6.42 Å². The molecule has 5 heteroatoms. The van der Waals surface area contributed by atoms with Crippen molar-refractivity contribution in [3.8, 4) is 11.4 Å². The number of rotatable bonds is 2. The third kappa shape index (κ3) is 1.90. The summed E-state index contributed by atoms with van der Waals surface area (Å²) in [5, 5.41) is 10.9. The molecule has 3 heterocycles. The molecule has 2 N–H and O–H groups in total. The largest absolute Gasteiger partial charge is 0.394 e. The number of carbonyl (C=O) groups is 1. The van der Waals surface area contributed by atoms with Crippen molar-refractivity contribution in [1.29, 1.82) is 0 Å². The summed E-state index contributed by atoms with van der Waals surface area (Å²) in [6.45, 7) is 1.24. The third-order valence-corrected chi connectivity index (χ3v) is 4.58. The van der Waals surface area contributed by atoms with Crippen molar-refractivity contribution in [2.24, 2.45) is 0 Å². The van der Waals surface area contributed by atoms with Crippen molar-refractivity contribution < 1.29 is 9.90 Å². The predicted octanol–water partition coefficient (Wildman–Crippen LogP) is 2.29. The predicted molar refractivity (Wildman–Crippen MR) is 87.8 cm³/mol. The molecule has 1 aliphatic rings. The van der Waals surface area contributed by atoms with Gasteiger partial charge in [-0.2, -0.15) is 0 Å². The van der Waals surface area contributed by atoms with Crippen LogP contribution in [0, 0.1) is 0 Å². The van der Waals surface area contributed by atoms with Crippen LogP contribution in [0.2, 0.25) is 0 Å². The Hall–Kier alpha value is -2.66. The molecule has 116 valence electrons. The number of nitrogens with zero attached hydrogens (tertiary/aromatic N) is 1. The summed E-state index contributed by atoms with van der Waals surface area (Å²) in [7, 11) is 0. The average molecular weight is 308 g/mol. The number of Topliss-reactive ketones (excluding diaryl/α,β-unsaturated/α-hetero) is 1. The summed E-state index contributed by atoms with van der Waals surface area (Å²) in [5.74, 6) is -0.260. The molecule has 23 heavy (non-hydrogen) atoms. The van der Waals surface area contributed by atoms with Crippen LogP contribution >= 0.6 is 0 Å². The molecular formula is C18H16N2O3. The van der Waals surface area contributed by atoms with E-state index in [9.17, 15) is 14.7 Å². The highest BCUT2D eigenvalue weighted by Gasteiger charge is 2.29. The zero-order chi connectivity index (χ0) is 16.1. The van der Waals surface area contributed by atoms with Crippen LogP contribution in [0.5, 0.6) is 0 Å². The lowest BCUT2D eigenvalue weighted by atomic mass is 9.95. The zero-order valence-electron chi connectivity index (χ0n) is 12.7. The van der Waals surface area contributed by atoms with Gasteiger partial charge in [0.2, 0.25) is 0 Å². The number of hydrogen-bond donors (Lipinski definition) is 2. The lowest BCUT2D eigenvalue weighted by Crippen LogP contribution is -2.35. The molecule has 0 aliphatic carbocycles. The molecule has 1 unspecified atom stereocenters. The van der Waals surface area contributed by atoms with Gasteiger partial charge in [0.05, 0.1) is 29.6 Å². The van der Waals surface area contributed by atoms with Crippen molar-refractivity contribution in [1.82, 2.24) is 9.55 Å². The van der Waals surface area contributed by atoms with E-state index in [1.165, 1.54) is 6.92 Å². The van der Waals surface area contributed by atoms with Gasteiger partial charge in [0.25, 0.3) is 5.56 Å². The smallest absolute Gasteiger partial charge is 0.262 e. The highest BCUT2D eigenvalue weighted by Crippen LogP contribution is 2.37. The Morgan fingerprint density at radius 1 is 1.30 bits per heavy atom. The summed E-state index contributed by atoms with van der Waals surface area (Å²) >= 11 is 0. The first-order valence-corrected chi connectivity index (χ1v) is 7.59. The number of aliphatic hydroxyl groups excluding tert-OH is 1. The molecule has 1 aliphatic heterocycles. The number of pyridine rings is 1. The van der Waals surface area contributed by atoms with Gasteiger partial charge in [-0.15, -0.1) is 0 Å². The molecule has 3 aromatic rings. The van der Waals surface area contributed by atoms with Crippen LogP contribution < -0.4 is 5.56 Å². The number of aromatic nitrogens is 2. The van der Waals surface area contributed by atoms with Crippen LogP contribution in [-0.4, -0.2) is 27.0 Å². The van der Waals surface area contributed by atoms with Crippen molar-refractivity contribution >= 4 is 16.7 Å². The molecule has 1 aromatic carbocycles. The normalized spacial score (nSPS) is 16.2. The minimum atomic E-state index is -0.358. The number of para-hydroxylation sites is 1. The number of benzene rings is 1. The molecule has 0 saturated heterocycles. The fraction of sp³-hybridized carbons (Fsp3) is 0.222. The Balaban J connectivity index is 2.07. The third-order valence-electron chi connectivity index (χ3n) is 4.58. The molecule has 0 radical (unpaired) electrons. The highest BCUT2D eigenvalue weighted by atomic mass is 16.3. The van der Waals surface area contributed by atoms with Crippen molar-refractivity contribution in [3.05, 3.63) is 57.9 Å². The zero-order valence-corrected chi connectivity index (χ0v) is 12.7. The second-order valence-electron chi connectivity index (χ2n) is 5.93. The quantitative estimate of drug-likeness (QED) is 0.713. The van der Waals surface area contributed by atoms with Crippen LogP contribution in [0.25, 0.3) is 22.3 Å². The Kier molecular flexibility index (Phi) is 2.99. The molecule has 1 atom stereocenters. The number of aromatic amines is 1. The average Bonchev–Trinajstić information content (AvgIpc) is 2.92. The summed E-state index contributed by atoms with van der Waals surface area (Å²) in [6, 6.07) is 11.0. The van der Waals surface area contributed by atoms with Gasteiger partial charge in [0.1, 0.15) is 0 Å². The number of ketones is 1. The van der Waals surface area contributed by atoms with Crippen molar-refractivity contribution in [3.63, 3.8) is 0 Å². The topological polar surface area (TPSA) is 75.1 Å². The maximum Gasteiger partial charge on any atom is 0.262 e. The van der Waals surface area contributed by atoms with Gasteiger partial charge in [-0.1, -0.05) is 18.2 Å². The van der Waals surface area contributed by atoms with Crippen LogP contribution in [0.4, 0.5) is 0 Å². The van der Waals surface area contributed by atoms with Crippen LogP contribution in [0.3, 0.4) is 0 Å². The molecule has 0 bridgehead atoms. The summed E-state index contributed by atoms with van der Waals surface area (Å²) < 4.78 is 1.55.